The van der Waals surface area contributed by atoms with Crippen molar-refractivity contribution in [1.29, 1.82) is 0 Å². The molecule has 1 aliphatic heterocycles. The van der Waals surface area contributed by atoms with Crippen LogP contribution < -0.4 is 10.5 Å². The largest absolute Gasteiger partial charge is 0.490 e. The quantitative estimate of drug-likeness (QED) is 0.929. The smallest absolute Gasteiger partial charge is 0.416 e. The highest BCUT2D eigenvalue weighted by Gasteiger charge is 2.31. The molecule has 0 atom stereocenters. The van der Waals surface area contributed by atoms with E-state index in [1.807, 2.05) is 7.05 Å². The molecule has 1 saturated heterocycles. The third-order valence-electron chi connectivity index (χ3n) is 3.57. The minimum atomic E-state index is -4.36. The number of rotatable bonds is 3. The summed E-state index contributed by atoms with van der Waals surface area (Å²) in [5.41, 5.74) is 5.48. The van der Waals surface area contributed by atoms with Crippen LogP contribution in [-0.4, -0.2) is 31.1 Å². The molecule has 2 rings (SSSR count). The third-order valence-corrected chi connectivity index (χ3v) is 3.57. The standard InChI is InChI=1S/C14H19F3N2O/c1-19-6-4-12(5-7-19)20-13-8-11(14(15,16)17)3-2-10(13)9-18/h2-3,8,12H,4-7,9,18H2,1H3. The summed E-state index contributed by atoms with van der Waals surface area (Å²) in [5, 5.41) is 0. The molecular weight excluding hydrogens is 269 g/mol. The van der Waals surface area contributed by atoms with Gasteiger partial charge in [-0.3, -0.25) is 0 Å². The fourth-order valence-electron chi connectivity index (χ4n) is 2.29. The molecule has 0 unspecified atom stereocenters. The lowest BCUT2D eigenvalue weighted by atomic mass is 10.1. The maximum atomic E-state index is 12.7. The predicted octanol–water partition coefficient (Wildman–Crippen LogP) is 2.64. The Morgan fingerprint density at radius 2 is 1.95 bits per heavy atom. The first-order valence-electron chi connectivity index (χ1n) is 6.65. The second kappa shape index (κ2) is 6.01. The average molecular weight is 288 g/mol. The van der Waals surface area contributed by atoms with Gasteiger partial charge in [-0.05, 0) is 32.0 Å². The maximum Gasteiger partial charge on any atom is 0.416 e. The SMILES string of the molecule is CN1CCC(Oc2cc(C(F)(F)F)ccc2CN)CC1. The van der Waals surface area contributed by atoms with Crippen molar-refractivity contribution in [2.75, 3.05) is 20.1 Å². The first-order valence-corrected chi connectivity index (χ1v) is 6.65. The number of halogens is 3. The molecular formula is C14H19F3N2O. The van der Waals surface area contributed by atoms with Crippen molar-refractivity contribution in [3.05, 3.63) is 29.3 Å². The molecule has 6 heteroatoms. The van der Waals surface area contributed by atoms with Crippen LogP contribution >= 0.6 is 0 Å². The third kappa shape index (κ3) is 3.64. The molecule has 0 amide bonds. The molecule has 0 saturated carbocycles. The number of piperidine rings is 1. The zero-order chi connectivity index (χ0) is 14.8. The van der Waals surface area contributed by atoms with Gasteiger partial charge in [0, 0.05) is 25.2 Å². The molecule has 3 nitrogen and oxygen atoms in total. The maximum absolute atomic E-state index is 12.7. The number of hydrogen-bond acceptors (Lipinski definition) is 3. The molecule has 2 N–H and O–H groups in total. The van der Waals surface area contributed by atoms with Crippen molar-refractivity contribution >= 4 is 0 Å². The molecule has 112 valence electrons. The highest BCUT2D eigenvalue weighted by Crippen LogP contribution is 2.34. The summed E-state index contributed by atoms with van der Waals surface area (Å²) < 4.78 is 44.0. The molecule has 1 fully saturated rings. The second-order valence-electron chi connectivity index (χ2n) is 5.14. The van der Waals surface area contributed by atoms with Crippen LogP contribution in [0.1, 0.15) is 24.0 Å². The van der Waals surface area contributed by atoms with Crippen LogP contribution in [0.3, 0.4) is 0 Å². The number of nitrogens with zero attached hydrogens (tertiary/aromatic N) is 1. The van der Waals surface area contributed by atoms with Crippen LogP contribution in [0.5, 0.6) is 5.75 Å². The van der Waals surface area contributed by atoms with Gasteiger partial charge in [0.1, 0.15) is 11.9 Å². The van der Waals surface area contributed by atoms with Crippen molar-refractivity contribution in [2.45, 2.75) is 31.7 Å². The Hall–Kier alpha value is -1.27. The van der Waals surface area contributed by atoms with Crippen molar-refractivity contribution in [3.63, 3.8) is 0 Å². The molecule has 0 aliphatic carbocycles. The highest BCUT2D eigenvalue weighted by molar-refractivity contribution is 5.38. The van der Waals surface area contributed by atoms with Crippen molar-refractivity contribution in [2.24, 2.45) is 5.73 Å². The Labute approximate surface area is 116 Å². The number of hydrogen-bond donors (Lipinski definition) is 1. The van der Waals surface area contributed by atoms with Gasteiger partial charge in [0.15, 0.2) is 0 Å². The van der Waals surface area contributed by atoms with Gasteiger partial charge in [0.2, 0.25) is 0 Å². The summed E-state index contributed by atoms with van der Waals surface area (Å²) in [6.45, 7) is 1.95. The fraction of sp³-hybridized carbons (Fsp3) is 0.571. The van der Waals surface area contributed by atoms with Gasteiger partial charge < -0.3 is 15.4 Å². The molecule has 0 bridgehead atoms. The fourth-order valence-corrected chi connectivity index (χ4v) is 2.29. The van der Waals surface area contributed by atoms with Crippen molar-refractivity contribution in [3.8, 4) is 5.75 Å². The molecule has 0 spiro atoms. The van der Waals surface area contributed by atoms with Crippen LogP contribution in [0.4, 0.5) is 13.2 Å². The molecule has 20 heavy (non-hydrogen) atoms. The molecule has 1 aromatic rings. The number of alkyl halides is 3. The Morgan fingerprint density at radius 1 is 1.30 bits per heavy atom. The zero-order valence-electron chi connectivity index (χ0n) is 11.4. The number of benzene rings is 1. The van der Waals surface area contributed by atoms with Gasteiger partial charge in [-0.25, -0.2) is 0 Å². The van der Waals surface area contributed by atoms with E-state index in [4.69, 9.17) is 10.5 Å². The molecule has 1 heterocycles. The number of likely N-dealkylation sites (tertiary alicyclic amines) is 1. The Bertz CT molecular complexity index is 454. The first-order chi connectivity index (χ1) is 9.40. The topological polar surface area (TPSA) is 38.5 Å². The molecule has 1 aromatic carbocycles. The zero-order valence-corrected chi connectivity index (χ0v) is 11.4. The van der Waals surface area contributed by atoms with Gasteiger partial charge >= 0.3 is 6.18 Å². The van der Waals surface area contributed by atoms with E-state index in [-0.39, 0.29) is 18.4 Å². The van der Waals surface area contributed by atoms with Crippen LogP contribution in [0.25, 0.3) is 0 Å². The molecule has 0 aromatic heterocycles. The predicted molar refractivity (Wildman–Crippen MR) is 70.5 cm³/mol. The summed E-state index contributed by atoms with van der Waals surface area (Å²) in [6, 6.07) is 3.50. The van der Waals surface area contributed by atoms with E-state index < -0.39 is 11.7 Å². The van der Waals surface area contributed by atoms with E-state index in [9.17, 15) is 13.2 Å². The lowest BCUT2D eigenvalue weighted by Crippen LogP contribution is -2.35. The number of ether oxygens (including phenoxy) is 1. The van der Waals surface area contributed by atoms with Crippen molar-refractivity contribution in [1.82, 2.24) is 4.90 Å². The monoisotopic (exact) mass is 288 g/mol. The van der Waals surface area contributed by atoms with Crippen LogP contribution in [0.15, 0.2) is 18.2 Å². The van der Waals surface area contributed by atoms with Crippen molar-refractivity contribution < 1.29 is 17.9 Å². The lowest BCUT2D eigenvalue weighted by Gasteiger charge is -2.30. The van der Waals surface area contributed by atoms with Crippen LogP contribution in [0.2, 0.25) is 0 Å². The summed E-state index contributed by atoms with van der Waals surface area (Å²) in [7, 11) is 2.02. The summed E-state index contributed by atoms with van der Waals surface area (Å²) in [4.78, 5) is 2.18. The van der Waals surface area contributed by atoms with Crippen LogP contribution in [0, 0.1) is 0 Å². The molecule has 0 radical (unpaired) electrons. The highest BCUT2D eigenvalue weighted by atomic mass is 19.4. The normalized spacial score (nSPS) is 18.2. The van der Waals surface area contributed by atoms with E-state index in [1.165, 1.54) is 6.07 Å². The first kappa shape index (κ1) is 15.1. The summed E-state index contributed by atoms with van der Waals surface area (Å²) >= 11 is 0. The van der Waals surface area contributed by atoms with E-state index in [2.05, 4.69) is 4.90 Å². The minimum Gasteiger partial charge on any atom is -0.490 e. The van der Waals surface area contributed by atoms with Gasteiger partial charge in [0.25, 0.3) is 0 Å². The lowest BCUT2D eigenvalue weighted by molar-refractivity contribution is -0.137. The van der Waals surface area contributed by atoms with E-state index in [0.29, 0.717) is 5.56 Å². The van der Waals surface area contributed by atoms with Gasteiger partial charge in [-0.2, -0.15) is 13.2 Å². The van der Waals surface area contributed by atoms with Gasteiger partial charge in [0.05, 0.1) is 5.56 Å². The average Bonchev–Trinajstić information content (AvgIpc) is 2.40. The van der Waals surface area contributed by atoms with Gasteiger partial charge in [-0.1, -0.05) is 6.07 Å². The number of nitrogens with two attached hydrogens (primary N) is 1. The Kier molecular flexibility index (Phi) is 4.55. The van der Waals surface area contributed by atoms with E-state index >= 15 is 0 Å². The van der Waals surface area contributed by atoms with Crippen LogP contribution in [-0.2, 0) is 12.7 Å². The van der Waals surface area contributed by atoms with E-state index in [1.54, 1.807) is 0 Å². The summed E-state index contributed by atoms with van der Waals surface area (Å²) in [6.07, 6.45) is -2.77. The minimum absolute atomic E-state index is 0.0417. The molecule has 1 aliphatic rings. The van der Waals surface area contributed by atoms with Gasteiger partial charge in [-0.15, -0.1) is 0 Å². The Balaban J connectivity index is 2.16. The second-order valence-corrected chi connectivity index (χ2v) is 5.14. The van der Waals surface area contributed by atoms with E-state index in [0.717, 1.165) is 38.1 Å². The summed E-state index contributed by atoms with van der Waals surface area (Å²) in [5.74, 6) is 0.261. The Morgan fingerprint density at radius 3 is 2.50 bits per heavy atom.